The summed E-state index contributed by atoms with van der Waals surface area (Å²) in [7, 11) is 0. The summed E-state index contributed by atoms with van der Waals surface area (Å²) >= 11 is 0. The average Bonchev–Trinajstić information content (AvgIpc) is 3.05. The van der Waals surface area contributed by atoms with Gasteiger partial charge in [-0.15, -0.1) is 0 Å². The molecule has 0 atom stereocenters. The van der Waals surface area contributed by atoms with Crippen LogP contribution in [0.1, 0.15) is 24.1 Å². The van der Waals surface area contributed by atoms with E-state index in [-0.39, 0.29) is 5.82 Å². The predicted octanol–water partition coefficient (Wildman–Crippen LogP) is 2.57. The molecule has 0 saturated heterocycles. The maximum Gasteiger partial charge on any atom is 0.123 e. The first kappa shape index (κ1) is 11.4. The molecule has 1 aliphatic carbocycles. The fourth-order valence-electron chi connectivity index (χ4n) is 2.03. The fourth-order valence-corrected chi connectivity index (χ4v) is 2.03. The molecule has 1 aromatic carbocycles. The molecule has 1 aliphatic rings. The third kappa shape index (κ3) is 2.43. The molecule has 0 amide bonds. The number of halogens is 1. The van der Waals surface area contributed by atoms with Gasteiger partial charge in [0.2, 0.25) is 0 Å². The predicted molar refractivity (Wildman–Crippen MR) is 68.1 cm³/mol. The second kappa shape index (κ2) is 4.53. The van der Waals surface area contributed by atoms with Crippen molar-refractivity contribution in [1.29, 1.82) is 0 Å². The van der Waals surface area contributed by atoms with Gasteiger partial charge in [0.25, 0.3) is 0 Å². The summed E-state index contributed by atoms with van der Waals surface area (Å²) in [6.07, 6.45) is 6.33. The van der Waals surface area contributed by atoms with Crippen LogP contribution in [0.25, 0.3) is 5.69 Å². The minimum atomic E-state index is -0.202. The Morgan fingerprint density at radius 1 is 1.44 bits per heavy atom. The van der Waals surface area contributed by atoms with Crippen molar-refractivity contribution in [3.05, 3.63) is 47.8 Å². The lowest BCUT2D eigenvalue weighted by atomic mass is 10.2. The van der Waals surface area contributed by atoms with E-state index >= 15 is 0 Å². The zero-order chi connectivity index (χ0) is 12.5. The van der Waals surface area contributed by atoms with Gasteiger partial charge in [0.1, 0.15) is 5.82 Å². The number of hydrogen-bond acceptors (Lipinski definition) is 2. The van der Waals surface area contributed by atoms with Crippen LogP contribution in [0.3, 0.4) is 0 Å². The minimum absolute atomic E-state index is 0.202. The molecule has 1 heterocycles. The number of benzene rings is 1. The minimum Gasteiger partial charge on any atom is -0.308 e. The second-order valence-corrected chi connectivity index (χ2v) is 4.86. The number of nitrogens with zero attached hydrogens (tertiary/aromatic N) is 2. The quantitative estimate of drug-likeness (QED) is 0.897. The van der Waals surface area contributed by atoms with Gasteiger partial charge in [0, 0.05) is 24.5 Å². The van der Waals surface area contributed by atoms with E-state index in [0.717, 1.165) is 23.5 Å². The molecular weight excluding hydrogens is 229 g/mol. The van der Waals surface area contributed by atoms with Gasteiger partial charge in [-0.25, -0.2) is 9.37 Å². The average molecular weight is 245 g/mol. The number of rotatable bonds is 4. The molecule has 0 aliphatic heterocycles. The SMILES string of the molecule is Cc1cc(F)ccc1-n1cnc(CNC2CC2)c1. The van der Waals surface area contributed by atoms with E-state index < -0.39 is 0 Å². The summed E-state index contributed by atoms with van der Waals surface area (Å²) in [5.41, 5.74) is 2.90. The Hall–Kier alpha value is -1.68. The Bertz CT molecular complexity index is 558. The summed E-state index contributed by atoms with van der Waals surface area (Å²) < 4.78 is 15.0. The number of aromatic nitrogens is 2. The molecule has 1 N–H and O–H groups in total. The lowest BCUT2D eigenvalue weighted by Gasteiger charge is -2.06. The van der Waals surface area contributed by atoms with Gasteiger partial charge < -0.3 is 9.88 Å². The topological polar surface area (TPSA) is 29.9 Å². The van der Waals surface area contributed by atoms with Gasteiger partial charge in [-0.1, -0.05) is 0 Å². The summed E-state index contributed by atoms with van der Waals surface area (Å²) in [5, 5.41) is 3.43. The van der Waals surface area contributed by atoms with Crippen LogP contribution < -0.4 is 5.32 Å². The Balaban J connectivity index is 1.78. The highest BCUT2D eigenvalue weighted by atomic mass is 19.1. The summed E-state index contributed by atoms with van der Waals surface area (Å²) in [6, 6.07) is 5.48. The molecular formula is C14H16FN3. The lowest BCUT2D eigenvalue weighted by molar-refractivity contribution is 0.626. The van der Waals surface area contributed by atoms with Crippen LogP contribution in [0, 0.1) is 12.7 Å². The maximum absolute atomic E-state index is 13.1. The van der Waals surface area contributed by atoms with Gasteiger partial charge in [0.05, 0.1) is 12.0 Å². The smallest absolute Gasteiger partial charge is 0.123 e. The molecule has 1 aromatic heterocycles. The molecule has 0 bridgehead atoms. The van der Waals surface area contributed by atoms with Crippen molar-refractivity contribution >= 4 is 0 Å². The van der Waals surface area contributed by atoms with E-state index in [0.29, 0.717) is 6.04 Å². The molecule has 0 spiro atoms. The Labute approximate surface area is 106 Å². The van der Waals surface area contributed by atoms with Crippen molar-refractivity contribution < 1.29 is 4.39 Å². The molecule has 1 fully saturated rings. The van der Waals surface area contributed by atoms with Gasteiger partial charge in [-0.05, 0) is 43.5 Å². The molecule has 3 rings (SSSR count). The first-order chi connectivity index (χ1) is 8.72. The molecule has 0 radical (unpaired) electrons. The zero-order valence-corrected chi connectivity index (χ0v) is 10.4. The van der Waals surface area contributed by atoms with E-state index in [4.69, 9.17) is 0 Å². The lowest BCUT2D eigenvalue weighted by Crippen LogP contribution is -2.15. The number of hydrogen-bond donors (Lipinski definition) is 1. The normalized spacial score (nSPS) is 15.0. The van der Waals surface area contributed by atoms with Crippen LogP contribution >= 0.6 is 0 Å². The van der Waals surface area contributed by atoms with Crippen LogP contribution in [0.15, 0.2) is 30.7 Å². The first-order valence-corrected chi connectivity index (χ1v) is 6.25. The number of aryl methyl sites for hydroxylation is 1. The number of imidazole rings is 1. The molecule has 0 unspecified atom stereocenters. The molecule has 2 aromatic rings. The maximum atomic E-state index is 13.1. The highest BCUT2D eigenvalue weighted by molar-refractivity contribution is 5.40. The van der Waals surface area contributed by atoms with Crippen molar-refractivity contribution in [2.75, 3.05) is 0 Å². The summed E-state index contributed by atoms with van der Waals surface area (Å²) in [4.78, 5) is 4.36. The van der Waals surface area contributed by atoms with E-state index in [1.54, 1.807) is 12.4 Å². The van der Waals surface area contributed by atoms with E-state index in [2.05, 4.69) is 10.3 Å². The number of nitrogens with one attached hydrogen (secondary N) is 1. The van der Waals surface area contributed by atoms with Crippen LogP contribution in [-0.4, -0.2) is 15.6 Å². The Morgan fingerprint density at radius 3 is 3.00 bits per heavy atom. The van der Waals surface area contributed by atoms with Gasteiger partial charge in [-0.2, -0.15) is 0 Å². The molecule has 94 valence electrons. The van der Waals surface area contributed by atoms with Crippen LogP contribution in [0.2, 0.25) is 0 Å². The third-order valence-electron chi connectivity index (χ3n) is 3.22. The fraction of sp³-hybridized carbons (Fsp3) is 0.357. The van der Waals surface area contributed by atoms with Crippen LogP contribution in [-0.2, 0) is 6.54 Å². The Kier molecular flexibility index (Phi) is 2.88. The Morgan fingerprint density at radius 2 is 2.28 bits per heavy atom. The van der Waals surface area contributed by atoms with Crippen molar-refractivity contribution in [2.45, 2.75) is 32.4 Å². The van der Waals surface area contributed by atoms with E-state index in [9.17, 15) is 4.39 Å². The van der Waals surface area contributed by atoms with E-state index in [1.807, 2.05) is 17.7 Å². The molecule has 3 nitrogen and oxygen atoms in total. The molecule has 18 heavy (non-hydrogen) atoms. The second-order valence-electron chi connectivity index (χ2n) is 4.86. The zero-order valence-electron chi connectivity index (χ0n) is 10.4. The van der Waals surface area contributed by atoms with Gasteiger partial charge in [-0.3, -0.25) is 0 Å². The van der Waals surface area contributed by atoms with Crippen molar-refractivity contribution in [3.63, 3.8) is 0 Å². The van der Waals surface area contributed by atoms with Gasteiger partial charge >= 0.3 is 0 Å². The standard InChI is InChI=1S/C14H16FN3/c1-10-6-11(15)2-5-14(10)18-8-13(17-9-18)7-16-12-3-4-12/h2,5-6,8-9,12,16H,3-4,7H2,1H3. The van der Waals surface area contributed by atoms with Crippen molar-refractivity contribution in [1.82, 2.24) is 14.9 Å². The van der Waals surface area contributed by atoms with E-state index in [1.165, 1.54) is 25.0 Å². The van der Waals surface area contributed by atoms with Gasteiger partial charge in [0.15, 0.2) is 0 Å². The first-order valence-electron chi connectivity index (χ1n) is 6.25. The molecule has 1 saturated carbocycles. The highest BCUT2D eigenvalue weighted by Gasteiger charge is 2.20. The van der Waals surface area contributed by atoms with Crippen molar-refractivity contribution in [2.24, 2.45) is 0 Å². The summed E-state index contributed by atoms with van der Waals surface area (Å²) in [5.74, 6) is -0.202. The van der Waals surface area contributed by atoms with Crippen LogP contribution in [0.4, 0.5) is 4.39 Å². The van der Waals surface area contributed by atoms with Crippen LogP contribution in [0.5, 0.6) is 0 Å². The van der Waals surface area contributed by atoms with Crippen molar-refractivity contribution in [3.8, 4) is 5.69 Å². The molecule has 4 heteroatoms. The third-order valence-corrected chi connectivity index (χ3v) is 3.22. The largest absolute Gasteiger partial charge is 0.308 e. The highest BCUT2D eigenvalue weighted by Crippen LogP contribution is 2.19. The monoisotopic (exact) mass is 245 g/mol. The summed E-state index contributed by atoms with van der Waals surface area (Å²) in [6.45, 7) is 2.71.